The number of hydrogen-bond donors (Lipinski definition) is 1. The van der Waals surface area contributed by atoms with Gasteiger partial charge in [-0.25, -0.2) is 4.39 Å². The van der Waals surface area contributed by atoms with E-state index < -0.39 is 0 Å². The van der Waals surface area contributed by atoms with Gasteiger partial charge in [-0.2, -0.15) is 0 Å². The van der Waals surface area contributed by atoms with Crippen molar-refractivity contribution in [3.05, 3.63) is 35.3 Å². The number of unbranched alkanes of at least 4 members (excludes halogenated alkanes) is 1. The topological polar surface area (TPSA) is 37.5 Å². The molecule has 3 aliphatic rings. The Bertz CT molecular complexity index is 863. The van der Waals surface area contributed by atoms with Crippen molar-refractivity contribution in [1.29, 1.82) is 0 Å². The zero-order valence-corrected chi connectivity index (χ0v) is 17.6. The lowest BCUT2D eigenvalue weighted by molar-refractivity contribution is -0.127. The zero-order valence-electron chi connectivity index (χ0n) is 17.6. The Morgan fingerprint density at radius 2 is 1.90 bits per heavy atom. The molecule has 1 spiro atoms. The molecule has 1 N–H and O–H groups in total. The van der Waals surface area contributed by atoms with E-state index in [9.17, 15) is 4.39 Å². The molecule has 2 aliphatic heterocycles. The number of aromatic amines is 1. The van der Waals surface area contributed by atoms with Gasteiger partial charge in [0.15, 0.2) is 0 Å². The van der Waals surface area contributed by atoms with Crippen molar-refractivity contribution in [1.82, 2.24) is 9.88 Å². The smallest absolute Gasteiger partial charge is 0.123 e. The summed E-state index contributed by atoms with van der Waals surface area (Å²) in [6, 6.07) is 5.11. The molecule has 1 aromatic carbocycles. The van der Waals surface area contributed by atoms with Gasteiger partial charge in [-0.1, -0.05) is 19.8 Å². The highest BCUT2D eigenvalue weighted by Crippen LogP contribution is 2.51. The average molecular weight is 401 g/mol. The molecule has 1 saturated heterocycles. The third-order valence-corrected chi connectivity index (χ3v) is 7.72. The summed E-state index contributed by atoms with van der Waals surface area (Å²) in [5, 5.41) is 1.04. The predicted octanol–water partition coefficient (Wildman–Crippen LogP) is 4.91. The molecular weight excluding hydrogens is 367 g/mol. The van der Waals surface area contributed by atoms with Crippen molar-refractivity contribution in [2.75, 3.05) is 32.9 Å². The minimum absolute atomic E-state index is 0.158. The Labute approximate surface area is 172 Å². The van der Waals surface area contributed by atoms with Crippen molar-refractivity contribution in [2.24, 2.45) is 0 Å². The number of H-pyrrole nitrogens is 1. The fraction of sp³-hybridized carbons (Fsp3) is 0.667. The first kappa shape index (κ1) is 19.5. The molecule has 0 amide bonds. The first-order chi connectivity index (χ1) is 14.2. The van der Waals surface area contributed by atoms with E-state index in [4.69, 9.17) is 9.47 Å². The Morgan fingerprint density at radius 3 is 2.66 bits per heavy atom. The van der Waals surface area contributed by atoms with Crippen LogP contribution >= 0.6 is 0 Å². The molecule has 4 nitrogen and oxygen atoms in total. The number of nitrogens with one attached hydrogen (secondary N) is 1. The normalized spacial score (nSPS) is 30.7. The van der Waals surface area contributed by atoms with E-state index in [0.717, 1.165) is 75.9 Å². The molecule has 5 rings (SSSR count). The third kappa shape index (κ3) is 3.31. The largest absolute Gasteiger partial charge is 0.379 e. The summed E-state index contributed by atoms with van der Waals surface area (Å²) in [6.07, 6.45) is 9.06. The van der Waals surface area contributed by atoms with Crippen molar-refractivity contribution < 1.29 is 13.9 Å². The predicted molar refractivity (Wildman–Crippen MR) is 113 cm³/mol. The average Bonchev–Trinajstić information content (AvgIpc) is 3.14. The number of rotatable bonds is 4. The molecule has 1 aromatic heterocycles. The Morgan fingerprint density at radius 1 is 1.10 bits per heavy atom. The molecule has 5 heteroatoms. The molecule has 0 atom stereocenters. The third-order valence-electron chi connectivity index (χ3n) is 7.72. The quantitative estimate of drug-likeness (QED) is 0.792. The van der Waals surface area contributed by atoms with Crippen LogP contribution in [0.25, 0.3) is 10.9 Å². The lowest BCUT2D eigenvalue weighted by atomic mass is 9.68. The first-order valence-corrected chi connectivity index (χ1v) is 11.4. The fourth-order valence-electron chi connectivity index (χ4n) is 6.07. The van der Waals surface area contributed by atoms with E-state index in [0.29, 0.717) is 0 Å². The summed E-state index contributed by atoms with van der Waals surface area (Å²) in [7, 11) is 0. The van der Waals surface area contributed by atoms with Crippen molar-refractivity contribution >= 4 is 10.9 Å². The van der Waals surface area contributed by atoms with Gasteiger partial charge in [-0.15, -0.1) is 0 Å². The lowest BCUT2D eigenvalue weighted by Crippen LogP contribution is -2.57. The number of benzene rings is 1. The number of aromatic nitrogens is 1. The van der Waals surface area contributed by atoms with E-state index >= 15 is 0 Å². The summed E-state index contributed by atoms with van der Waals surface area (Å²) < 4.78 is 26.0. The fourth-order valence-corrected chi connectivity index (χ4v) is 6.07. The second-order valence-electron chi connectivity index (χ2n) is 9.19. The van der Waals surface area contributed by atoms with Gasteiger partial charge in [0, 0.05) is 29.5 Å². The molecule has 1 saturated carbocycles. The van der Waals surface area contributed by atoms with Crippen LogP contribution in [0.5, 0.6) is 0 Å². The van der Waals surface area contributed by atoms with Crippen LogP contribution in [0.4, 0.5) is 4.39 Å². The highest BCUT2D eigenvalue weighted by atomic mass is 19.1. The molecule has 3 heterocycles. The van der Waals surface area contributed by atoms with E-state index in [1.54, 1.807) is 12.1 Å². The van der Waals surface area contributed by atoms with E-state index in [-0.39, 0.29) is 17.0 Å². The van der Waals surface area contributed by atoms with E-state index in [1.165, 1.54) is 30.5 Å². The number of fused-ring (bicyclic) bond motifs is 4. The Balaban J connectivity index is 1.45. The number of ether oxygens (including phenoxy) is 2. The van der Waals surface area contributed by atoms with Crippen LogP contribution in [0.1, 0.15) is 63.1 Å². The maximum Gasteiger partial charge on any atom is 0.123 e. The van der Waals surface area contributed by atoms with Crippen LogP contribution < -0.4 is 0 Å². The van der Waals surface area contributed by atoms with Crippen LogP contribution in [0, 0.1) is 5.82 Å². The second kappa shape index (κ2) is 7.68. The molecular formula is C24H33FN2O2. The van der Waals surface area contributed by atoms with Gasteiger partial charge in [0.1, 0.15) is 11.4 Å². The standard InChI is InChI=1S/C24H33FN2O2/c1-2-3-7-23(27-12-15-28-16-13-27)8-10-24(11-9-23)22-19(6-14-29-24)20-17-18(25)4-5-21(20)26-22/h4-5,17,26H,2-3,6-16H2,1H3. The summed E-state index contributed by atoms with van der Waals surface area (Å²) in [5.41, 5.74) is 3.58. The molecule has 0 unspecified atom stereocenters. The van der Waals surface area contributed by atoms with Crippen LogP contribution in [0.15, 0.2) is 18.2 Å². The van der Waals surface area contributed by atoms with Crippen LogP contribution in [-0.2, 0) is 21.5 Å². The van der Waals surface area contributed by atoms with Gasteiger partial charge in [0.2, 0.25) is 0 Å². The SMILES string of the molecule is CCCCC1(N2CCOCC2)CCC2(CC1)OCCc1c2[nH]c2ccc(F)cc12. The summed E-state index contributed by atoms with van der Waals surface area (Å²) in [6.45, 7) is 6.83. The highest BCUT2D eigenvalue weighted by molar-refractivity contribution is 5.85. The van der Waals surface area contributed by atoms with Gasteiger partial charge in [0.25, 0.3) is 0 Å². The molecule has 29 heavy (non-hydrogen) atoms. The molecule has 1 aliphatic carbocycles. The zero-order chi connectivity index (χ0) is 19.9. The Kier molecular flexibility index (Phi) is 5.17. The summed E-state index contributed by atoms with van der Waals surface area (Å²) in [4.78, 5) is 6.34. The van der Waals surface area contributed by atoms with Gasteiger partial charge in [-0.3, -0.25) is 4.90 Å². The molecule has 2 fully saturated rings. The molecule has 2 aromatic rings. The summed E-state index contributed by atoms with van der Waals surface area (Å²) in [5.74, 6) is -0.158. The number of morpholine rings is 1. The molecule has 158 valence electrons. The number of hydrogen-bond acceptors (Lipinski definition) is 3. The van der Waals surface area contributed by atoms with Crippen LogP contribution in [0.2, 0.25) is 0 Å². The van der Waals surface area contributed by atoms with Gasteiger partial charge in [0.05, 0.1) is 25.5 Å². The second-order valence-corrected chi connectivity index (χ2v) is 9.19. The van der Waals surface area contributed by atoms with E-state index in [2.05, 4.69) is 16.8 Å². The van der Waals surface area contributed by atoms with Crippen molar-refractivity contribution in [3.8, 4) is 0 Å². The van der Waals surface area contributed by atoms with Gasteiger partial charge < -0.3 is 14.5 Å². The maximum absolute atomic E-state index is 13.9. The number of halogens is 1. The Hall–Kier alpha value is -1.43. The maximum atomic E-state index is 13.9. The van der Waals surface area contributed by atoms with Gasteiger partial charge in [-0.05, 0) is 62.3 Å². The summed E-state index contributed by atoms with van der Waals surface area (Å²) >= 11 is 0. The molecule has 0 radical (unpaired) electrons. The minimum Gasteiger partial charge on any atom is -0.379 e. The van der Waals surface area contributed by atoms with Crippen LogP contribution in [-0.4, -0.2) is 48.3 Å². The monoisotopic (exact) mass is 400 g/mol. The molecule has 0 bridgehead atoms. The van der Waals surface area contributed by atoms with Crippen molar-refractivity contribution in [2.45, 2.75) is 69.4 Å². The van der Waals surface area contributed by atoms with E-state index in [1.807, 2.05) is 6.07 Å². The highest BCUT2D eigenvalue weighted by Gasteiger charge is 2.49. The lowest BCUT2D eigenvalue weighted by Gasteiger charge is -2.53. The first-order valence-electron chi connectivity index (χ1n) is 11.4. The minimum atomic E-state index is -0.231. The van der Waals surface area contributed by atoms with Crippen molar-refractivity contribution in [3.63, 3.8) is 0 Å². The van der Waals surface area contributed by atoms with Crippen LogP contribution in [0.3, 0.4) is 0 Å². The van der Waals surface area contributed by atoms with Gasteiger partial charge >= 0.3 is 0 Å². The number of nitrogens with zero attached hydrogens (tertiary/aromatic N) is 1.